The molecule has 0 unspecified atom stereocenters. The van der Waals surface area contributed by atoms with Crippen LogP contribution in [0, 0.1) is 6.92 Å². The Hall–Kier alpha value is -2.43. The number of aryl methyl sites for hydroxylation is 1. The second kappa shape index (κ2) is 4.35. The van der Waals surface area contributed by atoms with Gasteiger partial charge in [0.25, 0.3) is 5.91 Å². The molecular weight excluding hydrogens is 240 g/mol. The molecule has 3 heterocycles. The first kappa shape index (κ1) is 7.23. The van der Waals surface area contributed by atoms with E-state index in [0.29, 0.717) is 5.56 Å². The molecular formula is C14H14N4O. The van der Waals surface area contributed by atoms with E-state index in [1.807, 2.05) is 0 Å². The molecule has 0 fully saturated rings. The van der Waals surface area contributed by atoms with Gasteiger partial charge in [-0.3, -0.25) is 4.79 Å². The van der Waals surface area contributed by atoms with Crippen molar-refractivity contribution in [3.63, 3.8) is 0 Å². The summed E-state index contributed by atoms with van der Waals surface area (Å²) in [6, 6.07) is 4.63. The number of nitrogens with one attached hydrogen (secondary N) is 1. The van der Waals surface area contributed by atoms with Gasteiger partial charge in [-0.1, -0.05) is 0 Å². The Kier molecular flexibility index (Phi) is 1.65. The molecule has 5 nitrogen and oxygen atoms in total. The number of carbonyl (C=O) groups is 1. The van der Waals surface area contributed by atoms with Crippen LogP contribution in [0.3, 0.4) is 0 Å². The summed E-state index contributed by atoms with van der Waals surface area (Å²) in [5.41, 5.74) is 0.962. The molecule has 0 aliphatic carbocycles. The van der Waals surface area contributed by atoms with E-state index in [0.717, 1.165) is 4.90 Å². The lowest BCUT2D eigenvalue weighted by molar-refractivity contribution is 0.102. The predicted octanol–water partition coefficient (Wildman–Crippen LogP) is 2.51. The fourth-order valence-electron chi connectivity index (χ4n) is 2.01. The fourth-order valence-corrected chi connectivity index (χ4v) is 2.01. The van der Waals surface area contributed by atoms with E-state index in [1.165, 1.54) is 24.5 Å². The van der Waals surface area contributed by atoms with Crippen LogP contribution >= 0.6 is 0 Å². The van der Waals surface area contributed by atoms with Crippen molar-refractivity contribution in [2.45, 2.75) is 13.8 Å². The number of carbonyl (C=O) groups excluding carboxylic acids is 1. The van der Waals surface area contributed by atoms with Crippen LogP contribution in [0.2, 0.25) is 0 Å². The van der Waals surface area contributed by atoms with Crippen molar-refractivity contribution in [1.29, 1.82) is 0 Å². The van der Waals surface area contributed by atoms with E-state index in [1.54, 1.807) is 13.0 Å². The molecule has 1 amide bonds. The highest BCUT2D eigenvalue weighted by Crippen LogP contribution is 2.36. The SMILES string of the molecule is [2H]C([2H])([2H])C([2H])([2H])N1c2ncccc2C(=O)Nc2c(C)ccnc21. The number of nitrogens with zero attached hydrogens (tertiary/aromatic N) is 3. The third-order valence-corrected chi connectivity index (χ3v) is 2.94. The summed E-state index contributed by atoms with van der Waals surface area (Å²) in [5.74, 6) is -0.589. The van der Waals surface area contributed by atoms with E-state index < -0.39 is 19.3 Å². The van der Waals surface area contributed by atoms with E-state index in [9.17, 15) is 4.79 Å². The van der Waals surface area contributed by atoms with Crippen molar-refractivity contribution in [3.05, 3.63) is 41.7 Å². The number of aromatic nitrogens is 2. The van der Waals surface area contributed by atoms with Crippen molar-refractivity contribution >= 4 is 23.2 Å². The van der Waals surface area contributed by atoms with Gasteiger partial charge in [-0.05, 0) is 37.5 Å². The van der Waals surface area contributed by atoms with Gasteiger partial charge in [0.2, 0.25) is 0 Å². The van der Waals surface area contributed by atoms with Crippen molar-refractivity contribution in [3.8, 4) is 0 Å². The van der Waals surface area contributed by atoms with Crippen LogP contribution < -0.4 is 10.2 Å². The molecule has 2 aromatic rings. The number of fused-ring (bicyclic) bond motifs is 2. The lowest BCUT2D eigenvalue weighted by atomic mass is 10.2. The quantitative estimate of drug-likeness (QED) is 0.855. The number of pyridine rings is 2. The largest absolute Gasteiger partial charge is 0.318 e. The van der Waals surface area contributed by atoms with Crippen LogP contribution in [0.1, 0.15) is 29.6 Å². The topological polar surface area (TPSA) is 58.1 Å². The monoisotopic (exact) mass is 259 g/mol. The maximum atomic E-state index is 12.5. The molecule has 1 aliphatic heterocycles. The smallest absolute Gasteiger partial charge is 0.259 e. The third kappa shape index (κ3) is 1.74. The van der Waals surface area contributed by atoms with Gasteiger partial charge in [0.05, 0.1) is 11.3 Å². The zero-order valence-corrected chi connectivity index (χ0v) is 10.1. The molecule has 3 rings (SSSR count). The first-order chi connectivity index (χ1) is 11.1. The number of hydrogen-bond donors (Lipinski definition) is 1. The van der Waals surface area contributed by atoms with E-state index in [2.05, 4.69) is 15.3 Å². The van der Waals surface area contributed by atoms with Gasteiger partial charge in [0.15, 0.2) is 5.82 Å². The highest BCUT2D eigenvalue weighted by Gasteiger charge is 2.26. The number of rotatable bonds is 1. The molecule has 1 N–H and O–H groups in total. The molecule has 0 spiro atoms. The average Bonchev–Trinajstić information content (AvgIpc) is 2.62. The first-order valence-corrected chi connectivity index (χ1v) is 5.67. The third-order valence-electron chi connectivity index (χ3n) is 2.94. The Morgan fingerprint density at radius 2 is 2.21 bits per heavy atom. The summed E-state index contributed by atoms with van der Waals surface area (Å²) in [4.78, 5) is 21.5. The fraction of sp³-hybridized carbons (Fsp3) is 0.214. The second-order valence-corrected chi connectivity index (χ2v) is 4.10. The summed E-state index contributed by atoms with van der Waals surface area (Å²) in [5, 5.41) is 2.67. The Balaban J connectivity index is 2.37. The lowest BCUT2D eigenvalue weighted by Gasteiger charge is -2.22. The molecule has 0 saturated carbocycles. The molecule has 5 heteroatoms. The first-order valence-electron chi connectivity index (χ1n) is 8.17. The number of amides is 1. The Morgan fingerprint density at radius 1 is 1.37 bits per heavy atom. The van der Waals surface area contributed by atoms with Gasteiger partial charge in [-0.2, -0.15) is 0 Å². The Morgan fingerprint density at radius 3 is 3.05 bits per heavy atom. The average molecular weight is 259 g/mol. The molecule has 19 heavy (non-hydrogen) atoms. The summed E-state index contributed by atoms with van der Waals surface area (Å²) >= 11 is 0. The van der Waals surface area contributed by atoms with Gasteiger partial charge < -0.3 is 10.2 Å². The van der Waals surface area contributed by atoms with Crippen LogP contribution in [-0.4, -0.2) is 22.4 Å². The maximum absolute atomic E-state index is 12.5. The van der Waals surface area contributed by atoms with Crippen molar-refractivity contribution in [2.75, 3.05) is 16.7 Å². The zero-order valence-electron chi connectivity index (χ0n) is 15.1. The molecule has 1 aliphatic rings. The predicted molar refractivity (Wildman–Crippen MR) is 73.8 cm³/mol. The van der Waals surface area contributed by atoms with Crippen molar-refractivity contribution in [1.82, 2.24) is 9.97 Å². The lowest BCUT2D eigenvalue weighted by Crippen LogP contribution is -2.19. The van der Waals surface area contributed by atoms with Crippen molar-refractivity contribution in [2.24, 2.45) is 0 Å². The van der Waals surface area contributed by atoms with E-state index >= 15 is 0 Å². The molecule has 0 bridgehead atoms. The van der Waals surface area contributed by atoms with Crippen LogP contribution in [-0.2, 0) is 0 Å². The molecule has 0 aromatic carbocycles. The van der Waals surface area contributed by atoms with Gasteiger partial charge in [0.1, 0.15) is 5.82 Å². The number of hydrogen-bond acceptors (Lipinski definition) is 4. The summed E-state index contributed by atoms with van der Waals surface area (Å²) in [6.45, 7) is -4.09. The summed E-state index contributed by atoms with van der Waals surface area (Å²) in [6.07, 6.45) is 2.80. The molecule has 96 valence electrons. The van der Waals surface area contributed by atoms with Crippen LogP contribution in [0.15, 0.2) is 30.6 Å². The van der Waals surface area contributed by atoms with E-state index in [-0.39, 0.29) is 22.9 Å². The van der Waals surface area contributed by atoms with Crippen LogP contribution in [0.25, 0.3) is 0 Å². The van der Waals surface area contributed by atoms with Crippen LogP contribution in [0.5, 0.6) is 0 Å². The van der Waals surface area contributed by atoms with Crippen molar-refractivity contribution < 1.29 is 11.6 Å². The van der Waals surface area contributed by atoms with Gasteiger partial charge in [-0.25, -0.2) is 9.97 Å². The standard InChI is InChI=1S/C14H14N4O/c1-3-18-12-10(5-4-7-15-12)14(19)17-11-9(2)6-8-16-13(11)18/h4-8H,3H2,1-2H3,(H,17,19)/i1D3,3D2. The maximum Gasteiger partial charge on any atom is 0.259 e. The summed E-state index contributed by atoms with van der Waals surface area (Å²) in [7, 11) is 0. The van der Waals surface area contributed by atoms with Gasteiger partial charge >= 0.3 is 0 Å². The minimum atomic E-state index is -2.99. The Labute approximate surface area is 118 Å². The molecule has 0 radical (unpaired) electrons. The second-order valence-electron chi connectivity index (χ2n) is 4.10. The highest BCUT2D eigenvalue weighted by molar-refractivity contribution is 6.11. The normalized spacial score (nSPS) is 18.7. The zero-order chi connectivity index (χ0) is 17.7. The molecule has 0 atom stereocenters. The van der Waals surface area contributed by atoms with Crippen LogP contribution in [0.4, 0.5) is 17.3 Å². The minimum absolute atomic E-state index is 0.00178. The molecule has 2 aromatic heterocycles. The molecule has 0 saturated heterocycles. The van der Waals surface area contributed by atoms with E-state index in [4.69, 9.17) is 6.85 Å². The highest BCUT2D eigenvalue weighted by atomic mass is 16.1. The number of anilines is 3. The van der Waals surface area contributed by atoms with Gasteiger partial charge in [0, 0.05) is 25.7 Å². The minimum Gasteiger partial charge on any atom is -0.318 e. The summed E-state index contributed by atoms with van der Waals surface area (Å²) < 4.78 is 39.1. The Bertz CT molecular complexity index is 821. The van der Waals surface area contributed by atoms with Gasteiger partial charge in [-0.15, -0.1) is 0 Å².